The molecule has 0 saturated carbocycles. The van der Waals surface area contributed by atoms with Crippen molar-refractivity contribution in [2.75, 3.05) is 5.32 Å². The molecule has 4 aromatic rings. The van der Waals surface area contributed by atoms with Gasteiger partial charge in [0.2, 0.25) is 0 Å². The maximum Gasteiger partial charge on any atom is 0.277 e. The van der Waals surface area contributed by atoms with Crippen LogP contribution in [-0.4, -0.2) is 25.5 Å². The van der Waals surface area contributed by atoms with Crippen molar-refractivity contribution in [3.63, 3.8) is 0 Å². The number of carbonyl (C=O) groups is 1. The molecule has 1 N–H and O–H groups in total. The first kappa shape index (κ1) is 23.1. The molecule has 0 aliphatic heterocycles. The molecule has 0 atom stereocenters. The SMILES string of the molecule is CC(C)c1ccc(OCn2ccc(C(=O)Nc3nn(Cc4ccccc4Cl)cc3Br)n2)cc1. The number of ether oxygens (including phenoxy) is 1. The van der Waals surface area contributed by atoms with Gasteiger partial charge in [-0.1, -0.05) is 55.8 Å². The number of nitrogens with zero attached hydrogens (tertiary/aromatic N) is 4. The zero-order valence-electron chi connectivity index (χ0n) is 18.2. The summed E-state index contributed by atoms with van der Waals surface area (Å²) in [7, 11) is 0. The molecular formula is C24H23BrClN5O2. The molecule has 170 valence electrons. The zero-order chi connectivity index (χ0) is 23.4. The largest absolute Gasteiger partial charge is 0.471 e. The van der Waals surface area contributed by atoms with Gasteiger partial charge in [0, 0.05) is 17.4 Å². The van der Waals surface area contributed by atoms with Crippen LogP contribution >= 0.6 is 27.5 Å². The number of anilines is 1. The van der Waals surface area contributed by atoms with E-state index in [1.54, 1.807) is 27.8 Å². The molecule has 0 bridgehead atoms. The van der Waals surface area contributed by atoms with Crippen molar-refractivity contribution >= 4 is 39.3 Å². The summed E-state index contributed by atoms with van der Waals surface area (Å²) in [6.07, 6.45) is 3.48. The molecule has 0 spiro atoms. The van der Waals surface area contributed by atoms with Crippen molar-refractivity contribution in [1.82, 2.24) is 19.6 Å². The Morgan fingerprint density at radius 1 is 1.09 bits per heavy atom. The highest BCUT2D eigenvalue weighted by molar-refractivity contribution is 9.10. The van der Waals surface area contributed by atoms with Gasteiger partial charge in [-0.3, -0.25) is 9.48 Å². The summed E-state index contributed by atoms with van der Waals surface area (Å²) in [4.78, 5) is 12.7. The van der Waals surface area contributed by atoms with Gasteiger partial charge in [-0.25, -0.2) is 4.68 Å². The molecule has 0 radical (unpaired) electrons. The summed E-state index contributed by atoms with van der Waals surface area (Å²) in [6, 6.07) is 17.2. The third kappa shape index (κ3) is 5.83. The van der Waals surface area contributed by atoms with E-state index in [-0.39, 0.29) is 18.3 Å². The number of nitrogens with one attached hydrogen (secondary N) is 1. The van der Waals surface area contributed by atoms with Gasteiger partial charge in [0.05, 0.1) is 11.0 Å². The Hall–Kier alpha value is -3.10. The number of rotatable bonds is 8. The van der Waals surface area contributed by atoms with Gasteiger partial charge in [-0.2, -0.15) is 10.2 Å². The summed E-state index contributed by atoms with van der Waals surface area (Å²) in [5.74, 6) is 1.25. The average Bonchev–Trinajstić information content (AvgIpc) is 3.41. The fourth-order valence-corrected chi connectivity index (χ4v) is 3.79. The van der Waals surface area contributed by atoms with Crippen LogP contribution in [0.25, 0.3) is 0 Å². The van der Waals surface area contributed by atoms with Crippen LogP contribution in [0.3, 0.4) is 0 Å². The topological polar surface area (TPSA) is 74.0 Å². The maximum absolute atomic E-state index is 12.7. The zero-order valence-corrected chi connectivity index (χ0v) is 20.5. The molecule has 0 aliphatic carbocycles. The van der Waals surface area contributed by atoms with Gasteiger partial charge in [0.1, 0.15) is 5.75 Å². The number of carbonyl (C=O) groups excluding carboxylic acids is 1. The summed E-state index contributed by atoms with van der Waals surface area (Å²) in [6.45, 7) is 4.98. The van der Waals surface area contributed by atoms with Crippen LogP contribution in [0.1, 0.15) is 41.4 Å². The highest BCUT2D eigenvalue weighted by Crippen LogP contribution is 2.23. The molecule has 9 heteroatoms. The van der Waals surface area contributed by atoms with Gasteiger partial charge in [0.25, 0.3) is 5.91 Å². The van der Waals surface area contributed by atoms with Crippen LogP contribution in [0.2, 0.25) is 5.02 Å². The lowest BCUT2D eigenvalue weighted by Crippen LogP contribution is -2.15. The summed E-state index contributed by atoms with van der Waals surface area (Å²) in [5, 5.41) is 12.2. The Morgan fingerprint density at radius 2 is 1.85 bits per heavy atom. The monoisotopic (exact) mass is 527 g/mol. The summed E-state index contributed by atoms with van der Waals surface area (Å²) < 4.78 is 9.70. The van der Waals surface area contributed by atoms with Gasteiger partial charge in [-0.05, 0) is 57.2 Å². The van der Waals surface area contributed by atoms with E-state index < -0.39 is 0 Å². The van der Waals surface area contributed by atoms with Crippen molar-refractivity contribution in [3.05, 3.63) is 93.3 Å². The smallest absolute Gasteiger partial charge is 0.277 e. The molecule has 2 aromatic carbocycles. The molecule has 2 heterocycles. The summed E-state index contributed by atoms with van der Waals surface area (Å²) >= 11 is 9.67. The van der Waals surface area contributed by atoms with Crippen LogP contribution in [0.4, 0.5) is 5.82 Å². The Balaban J connectivity index is 1.35. The average molecular weight is 529 g/mol. The Morgan fingerprint density at radius 3 is 2.58 bits per heavy atom. The standard InChI is InChI=1S/C24H23BrClN5O2/c1-16(2)17-7-9-19(10-8-17)33-15-30-12-11-22(28-30)24(32)27-23-20(25)14-31(29-23)13-18-5-3-4-6-21(18)26/h3-12,14,16H,13,15H2,1-2H3,(H,27,29,32). The van der Waals surface area contributed by atoms with Gasteiger partial charge < -0.3 is 10.1 Å². The maximum atomic E-state index is 12.7. The van der Waals surface area contributed by atoms with Crippen molar-refractivity contribution < 1.29 is 9.53 Å². The molecule has 0 unspecified atom stereocenters. The highest BCUT2D eigenvalue weighted by atomic mass is 79.9. The first-order valence-corrected chi connectivity index (χ1v) is 11.6. The quantitative estimate of drug-likeness (QED) is 0.306. The molecule has 4 rings (SSSR count). The number of hydrogen-bond donors (Lipinski definition) is 1. The lowest BCUT2D eigenvalue weighted by atomic mass is 10.0. The first-order valence-electron chi connectivity index (χ1n) is 10.4. The molecular weight excluding hydrogens is 506 g/mol. The first-order chi connectivity index (χ1) is 15.9. The number of halogens is 2. The molecule has 0 fully saturated rings. The fourth-order valence-electron chi connectivity index (χ4n) is 3.18. The third-order valence-corrected chi connectivity index (χ3v) is 5.97. The Bertz CT molecular complexity index is 1250. The van der Waals surface area contributed by atoms with Crippen molar-refractivity contribution in [3.8, 4) is 5.75 Å². The van der Waals surface area contributed by atoms with Crippen LogP contribution < -0.4 is 10.1 Å². The van der Waals surface area contributed by atoms with Crippen molar-refractivity contribution in [2.45, 2.75) is 33.0 Å². The van der Waals surface area contributed by atoms with E-state index >= 15 is 0 Å². The van der Waals surface area contributed by atoms with Crippen LogP contribution in [0, 0.1) is 0 Å². The second kappa shape index (κ2) is 10.2. The number of benzene rings is 2. The minimum Gasteiger partial charge on any atom is -0.471 e. The van der Waals surface area contributed by atoms with E-state index in [2.05, 4.69) is 45.3 Å². The summed E-state index contributed by atoms with van der Waals surface area (Å²) in [5.41, 5.74) is 2.45. The van der Waals surface area contributed by atoms with E-state index in [0.29, 0.717) is 27.8 Å². The van der Waals surface area contributed by atoms with E-state index in [0.717, 1.165) is 11.3 Å². The lowest BCUT2D eigenvalue weighted by molar-refractivity contribution is 0.101. The van der Waals surface area contributed by atoms with E-state index in [1.807, 2.05) is 48.5 Å². The van der Waals surface area contributed by atoms with Gasteiger partial charge in [-0.15, -0.1) is 0 Å². The van der Waals surface area contributed by atoms with Crippen LogP contribution in [-0.2, 0) is 13.3 Å². The molecule has 33 heavy (non-hydrogen) atoms. The molecule has 1 amide bonds. The van der Waals surface area contributed by atoms with Crippen molar-refractivity contribution in [1.29, 1.82) is 0 Å². The number of hydrogen-bond acceptors (Lipinski definition) is 4. The normalized spacial score (nSPS) is 11.1. The van der Waals surface area contributed by atoms with E-state index in [1.165, 1.54) is 5.56 Å². The highest BCUT2D eigenvalue weighted by Gasteiger charge is 2.15. The minimum absolute atomic E-state index is 0.199. The molecule has 2 aromatic heterocycles. The van der Waals surface area contributed by atoms with E-state index in [4.69, 9.17) is 16.3 Å². The minimum atomic E-state index is -0.362. The molecule has 7 nitrogen and oxygen atoms in total. The van der Waals surface area contributed by atoms with Gasteiger partial charge >= 0.3 is 0 Å². The predicted octanol–water partition coefficient (Wildman–Crippen LogP) is 5.96. The predicted molar refractivity (Wildman–Crippen MR) is 132 cm³/mol. The Labute approximate surface area is 205 Å². The van der Waals surface area contributed by atoms with E-state index in [9.17, 15) is 4.79 Å². The third-order valence-electron chi connectivity index (χ3n) is 5.02. The Kier molecular flexibility index (Phi) is 7.15. The second-order valence-corrected chi connectivity index (χ2v) is 9.07. The second-order valence-electron chi connectivity index (χ2n) is 7.81. The fraction of sp³-hybridized carbons (Fsp3) is 0.208. The number of amides is 1. The van der Waals surface area contributed by atoms with Crippen LogP contribution in [0.5, 0.6) is 5.75 Å². The molecule has 0 saturated heterocycles. The number of aromatic nitrogens is 4. The van der Waals surface area contributed by atoms with Crippen molar-refractivity contribution in [2.24, 2.45) is 0 Å². The molecule has 0 aliphatic rings. The van der Waals surface area contributed by atoms with Crippen LogP contribution in [0.15, 0.2) is 71.5 Å². The van der Waals surface area contributed by atoms with Gasteiger partial charge in [0.15, 0.2) is 18.2 Å². The lowest BCUT2D eigenvalue weighted by Gasteiger charge is -2.09.